The zero-order chi connectivity index (χ0) is 17.8. The van der Waals surface area contributed by atoms with Gasteiger partial charge in [-0.15, -0.1) is 22.7 Å². The summed E-state index contributed by atoms with van der Waals surface area (Å²) < 4.78 is 5.14. The van der Waals surface area contributed by atoms with Gasteiger partial charge >= 0.3 is 0 Å². The maximum atomic E-state index is 12.2. The smallest absolute Gasteiger partial charge is 0.226 e. The number of thiazole rings is 1. The number of hydrogen-bond donors (Lipinski definition) is 1. The molecule has 25 heavy (non-hydrogen) atoms. The van der Waals surface area contributed by atoms with E-state index >= 15 is 0 Å². The van der Waals surface area contributed by atoms with Crippen LogP contribution in [0.3, 0.4) is 0 Å². The number of nitrogens with one attached hydrogen (secondary N) is 1. The van der Waals surface area contributed by atoms with Gasteiger partial charge in [-0.25, -0.2) is 4.98 Å². The van der Waals surface area contributed by atoms with E-state index in [9.17, 15) is 4.79 Å². The molecule has 2 heterocycles. The molecule has 3 aromatic rings. The average Bonchev–Trinajstić information content (AvgIpc) is 3.19. The number of rotatable bonds is 6. The third-order valence-electron chi connectivity index (χ3n) is 3.87. The third-order valence-corrected chi connectivity index (χ3v) is 5.59. The van der Waals surface area contributed by atoms with Gasteiger partial charge in [-0.2, -0.15) is 0 Å². The second kappa shape index (κ2) is 7.80. The van der Waals surface area contributed by atoms with Gasteiger partial charge in [0.1, 0.15) is 5.75 Å². The number of anilines is 1. The predicted octanol–water partition coefficient (Wildman–Crippen LogP) is 5.07. The molecule has 0 aliphatic heterocycles. The molecule has 0 fully saturated rings. The summed E-state index contributed by atoms with van der Waals surface area (Å²) in [7, 11) is 1.64. The van der Waals surface area contributed by atoms with Crippen LogP contribution in [0.25, 0.3) is 11.3 Å². The predicted molar refractivity (Wildman–Crippen MR) is 105 cm³/mol. The Morgan fingerprint density at radius 3 is 2.64 bits per heavy atom. The number of thiophene rings is 1. The van der Waals surface area contributed by atoms with Crippen molar-refractivity contribution in [3.63, 3.8) is 0 Å². The van der Waals surface area contributed by atoms with Crippen molar-refractivity contribution in [1.82, 2.24) is 4.98 Å². The van der Waals surface area contributed by atoms with Crippen molar-refractivity contribution < 1.29 is 9.53 Å². The molecule has 4 nitrogen and oxygen atoms in total. The van der Waals surface area contributed by atoms with Crippen LogP contribution < -0.4 is 10.1 Å². The number of aryl methyl sites for hydroxylation is 3. The molecule has 0 radical (unpaired) electrons. The lowest BCUT2D eigenvalue weighted by atomic mass is 10.1. The van der Waals surface area contributed by atoms with E-state index in [2.05, 4.69) is 30.2 Å². The number of hydrogen-bond acceptors (Lipinski definition) is 5. The molecule has 0 unspecified atom stereocenters. The van der Waals surface area contributed by atoms with Crippen LogP contribution in [-0.4, -0.2) is 18.0 Å². The third kappa shape index (κ3) is 4.46. The van der Waals surface area contributed by atoms with E-state index in [4.69, 9.17) is 4.74 Å². The monoisotopic (exact) mass is 372 g/mol. The zero-order valence-corrected chi connectivity index (χ0v) is 16.1. The zero-order valence-electron chi connectivity index (χ0n) is 14.5. The summed E-state index contributed by atoms with van der Waals surface area (Å²) in [4.78, 5) is 19.2. The van der Waals surface area contributed by atoms with Gasteiger partial charge in [0, 0.05) is 27.1 Å². The number of ether oxygens (including phenoxy) is 1. The molecule has 6 heteroatoms. The van der Waals surface area contributed by atoms with Crippen molar-refractivity contribution in [2.75, 3.05) is 12.4 Å². The van der Waals surface area contributed by atoms with Crippen molar-refractivity contribution in [2.24, 2.45) is 0 Å². The van der Waals surface area contributed by atoms with E-state index in [-0.39, 0.29) is 5.91 Å². The second-order valence-corrected chi connectivity index (χ2v) is 8.08. The number of methoxy groups -OCH3 is 1. The van der Waals surface area contributed by atoms with Crippen LogP contribution in [0.5, 0.6) is 5.75 Å². The molecule has 1 aromatic carbocycles. The van der Waals surface area contributed by atoms with E-state index in [1.807, 2.05) is 29.6 Å². The fraction of sp³-hybridized carbons (Fsp3) is 0.263. The van der Waals surface area contributed by atoms with Crippen molar-refractivity contribution in [3.05, 3.63) is 51.0 Å². The summed E-state index contributed by atoms with van der Waals surface area (Å²) in [6.07, 6.45) is 1.12. The van der Waals surface area contributed by atoms with Gasteiger partial charge in [-0.1, -0.05) is 12.1 Å². The van der Waals surface area contributed by atoms with Crippen LogP contribution in [0, 0.1) is 13.8 Å². The maximum Gasteiger partial charge on any atom is 0.226 e. The first-order valence-electron chi connectivity index (χ1n) is 8.01. The van der Waals surface area contributed by atoms with E-state index in [0.29, 0.717) is 18.0 Å². The molecule has 0 atom stereocenters. The molecule has 130 valence electrons. The first-order chi connectivity index (χ1) is 12.0. The van der Waals surface area contributed by atoms with Crippen molar-refractivity contribution in [3.8, 4) is 17.0 Å². The molecule has 0 spiro atoms. The number of nitrogens with zero attached hydrogens (tertiary/aromatic N) is 1. The van der Waals surface area contributed by atoms with Crippen LogP contribution in [0.1, 0.15) is 21.7 Å². The standard InChI is InChI=1S/C19H20N2O2S2/c1-12-10-16(13(2)25-12)17-11-24-19(20-17)21-18(22)9-6-14-4-7-15(23-3)8-5-14/h4-5,7-8,10-11H,6,9H2,1-3H3,(H,20,21,22). The van der Waals surface area contributed by atoms with Crippen LogP contribution in [0.4, 0.5) is 5.13 Å². The maximum absolute atomic E-state index is 12.2. The Hall–Kier alpha value is -2.18. The minimum atomic E-state index is -0.0186. The SMILES string of the molecule is COc1ccc(CCC(=O)Nc2nc(-c3cc(C)sc3C)cs2)cc1. The molecule has 0 aliphatic rings. The Bertz CT molecular complexity index is 866. The van der Waals surface area contributed by atoms with E-state index in [0.717, 1.165) is 22.6 Å². The topological polar surface area (TPSA) is 51.2 Å². The van der Waals surface area contributed by atoms with Gasteiger partial charge in [-0.3, -0.25) is 4.79 Å². The molecule has 0 saturated carbocycles. The highest BCUT2D eigenvalue weighted by Crippen LogP contribution is 2.32. The van der Waals surface area contributed by atoms with Crippen molar-refractivity contribution in [1.29, 1.82) is 0 Å². The van der Waals surface area contributed by atoms with Gasteiger partial charge in [0.05, 0.1) is 12.8 Å². The number of carbonyl (C=O) groups excluding carboxylic acids is 1. The lowest BCUT2D eigenvalue weighted by molar-refractivity contribution is -0.116. The molecule has 0 bridgehead atoms. The average molecular weight is 373 g/mol. The number of carbonyl (C=O) groups is 1. The Kier molecular flexibility index (Phi) is 5.50. The van der Waals surface area contributed by atoms with Crippen LogP contribution >= 0.6 is 22.7 Å². The number of aromatic nitrogens is 1. The summed E-state index contributed by atoms with van der Waals surface area (Å²) in [5, 5.41) is 5.54. The minimum absolute atomic E-state index is 0.0186. The second-order valence-electron chi connectivity index (χ2n) is 5.76. The number of benzene rings is 1. The van der Waals surface area contributed by atoms with Gasteiger partial charge in [0.25, 0.3) is 0 Å². The molecular weight excluding hydrogens is 352 g/mol. The Balaban J connectivity index is 1.57. The van der Waals surface area contributed by atoms with Crippen LogP contribution in [0.15, 0.2) is 35.7 Å². The highest BCUT2D eigenvalue weighted by atomic mass is 32.1. The normalized spacial score (nSPS) is 10.7. The summed E-state index contributed by atoms with van der Waals surface area (Å²) in [6, 6.07) is 9.92. The molecule has 0 saturated heterocycles. The summed E-state index contributed by atoms with van der Waals surface area (Å²) in [5.74, 6) is 0.803. The van der Waals surface area contributed by atoms with Crippen molar-refractivity contribution in [2.45, 2.75) is 26.7 Å². The Labute approximate surface area is 155 Å². The van der Waals surface area contributed by atoms with Gasteiger partial charge in [0.2, 0.25) is 5.91 Å². The molecule has 1 N–H and O–H groups in total. The Morgan fingerprint density at radius 2 is 2.00 bits per heavy atom. The van der Waals surface area contributed by atoms with E-state index in [1.54, 1.807) is 18.4 Å². The fourth-order valence-electron chi connectivity index (χ4n) is 2.57. The highest BCUT2D eigenvalue weighted by Gasteiger charge is 2.11. The summed E-state index contributed by atoms with van der Waals surface area (Å²) >= 11 is 3.23. The molecule has 2 aromatic heterocycles. The molecule has 0 aliphatic carbocycles. The van der Waals surface area contributed by atoms with E-state index < -0.39 is 0 Å². The summed E-state index contributed by atoms with van der Waals surface area (Å²) in [5.41, 5.74) is 3.19. The molecular formula is C19H20N2O2S2. The number of amides is 1. The van der Waals surface area contributed by atoms with E-state index in [1.165, 1.54) is 21.1 Å². The molecule has 1 amide bonds. The van der Waals surface area contributed by atoms with Crippen molar-refractivity contribution >= 4 is 33.7 Å². The van der Waals surface area contributed by atoms with Crippen LogP contribution in [0.2, 0.25) is 0 Å². The fourth-order valence-corrected chi connectivity index (χ4v) is 4.23. The largest absolute Gasteiger partial charge is 0.497 e. The minimum Gasteiger partial charge on any atom is -0.497 e. The molecule has 3 rings (SSSR count). The quantitative estimate of drug-likeness (QED) is 0.657. The van der Waals surface area contributed by atoms with Gasteiger partial charge in [-0.05, 0) is 44.0 Å². The highest BCUT2D eigenvalue weighted by molar-refractivity contribution is 7.14. The summed E-state index contributed by atoms with van der Waals surface area (Å²) in [6.45, 7) is 4.19. The first kappa shape index (κ1) is 17.6. The first-order valence-corrected chi connectivity index (χ1v) is 9.70. The van der Waals surface area contributed by atoms with Crippen LogP contribution in [-0.2, 0) is 11.2 Å². The lowest BCUT2D eigenvalue weighted by Crippen LogP contribution is -2.12. The van der Waals surface area contributed by atoms with Gasteiger partial charge in [0.15, 0.2) is 5.13 Å². The van der Waals surface area contributed by atoms with Gasteiger partial charge < -0.3 is 10.1 Å². The lowest BCUT2D eigenvalue weighted by Gasteiger charge is -2.04. The Morgan fingerprint density at radius 1 is 1.24 bits per heavy atom.